The normalized spacial score (nSPS) is 24.3. The lowest BCUT2D eigenvalue weighted by Gasteiger charge is -2.46. The van der Waals surface area contributed by atoms with Gasteiger partial charge >= 0.3 is 0 Å². The number of carbonyl (C=O) groups is 5. The van der Waals surface area contributed by atoms with E-state index in [0.29, 0.717) is 6.54 Å². The van der Waals surface area contributed by atoms with Crippen LogP contribution in [0.5, 0.6) is 0 Å². The molecule has 0 radical (unpaired) electrons. The molecule has 2 aliphatic rings. The second kappa shape index (κ2) is 12.7. The number of aliphatic hydroxyl groups is 2. The first-order chi connectivity index (χ1) is 17.2. The zero-order valence-electron chi connectivity index (χ0n) is 22.3. The lowest BCUT2D eigenvalue weighted by Crippen LogP contribution is -2.69. The van der Waals surface area contributed by atoms with Crippen molar-refractivity contribution in [3.05, 3.63) is 0 Å². The van der Waals surface area contributed by atoms with Crippen LogP contribution >= 0.6 is 0 Å². The van der Waals surface area contributed by atoms with Crippen molar-refractivity contribution >= 4 is 29.5 Å². The Kier molecular flexibility index (Phi) is 10.4. The topological polar surface area (TPSA) is 200 Å². The quantitative estimate of drug-likeness (QED) is 0.192. The molecule has 2 heterocycles. The van der Waals surface area contributed by atoms with Gasteiger partial charge in [-0.2, -0.15) is 0 Å². The van der Waals surface area contributed by atoms with E-state index >= 15 is 0 Å². The fourth-order valence-electron chi connectivity index (χ4n) is 4.88. The van der Waals surface area contributed by atoms with Crippen LogP contribution in [0.25, 0.3) is 0 Å². The Hall–Kier alpha value is -2.77. The van der Waals surface area contributed by atoms with Crippen molar-refractivity contribution in [1.29, 1.82) is 0 Å². The molecule has 6 atom stereocenters. The van der Waals surface area contributed by atoms with Gasteiger partial charge in [-0.15, -0.1) is 0 Å². The fourth-order valence-corrected chi connectivity index (χ4v) is 4.88. The Morgan fingerprint density at radius 3 is 2.11 bits per heavy atom. The number of hydrogen-bond donors (Lipinski definition) is 5. The number of nitrogens with zero attached hydrogens (tertiary/aromatic N) is 3. The predicted octanol–water partition coefficient (Wildman–Crippen LogP) is -2.63. The highest BCUT2D eigenvalue weighted by Gasteiger charge is 2.47. The van der Waals surface area contributed by atoms with Gasteiger partial charge in [-0.05, 0) is 25.2 Å². The van der Waals surface area contributed by atoms with Gasteiger partial charge < -0.3 is 41.7 Å². The predicted molar refractivity (Wildman–Crippen MR) is 133 cm³/mol. The Labute approximate surface area is 217 Å². The Bertz CT molecular complexity index is 882. The summed E-state index contributed by atoms with van der Waals surface area (Å²) >= 11 is 0. The highest BCUT2D eigenvalue weighted by molar-refractivity contribution is 5.96. The molecular formula is C24H42N6O7. The fraction of sp³-hybridized carbons (Fsp3) is 0.792. The number of nitrogens with two attached hydrogens (primary N) is 2. The van der Waals surface area contributed by atoms with Crippen LogP contribution in [0.2, 0.25) is 0 Å². The van der Waals surface area contributed by atoms with E-state index in [1.807, 2.05) is 0 Å². The van der Waals surface area contributed by atoms with Crippen LogP contribution in [0.15, 0.2) is 0 Å². The van der Waals surface area contributed by atoms with Gasteiger partial charge in [0.25, 0.3) is 0 Å². The number of nitrogens with one attached hydrogen (secondary N) is 1. The van der Waals surface area contributed by atoms with Crippen LogP contribution in [-0.2, 0) is 24.0 Å². The summed E-state index contributed by atoms with van der Waals surface area (Å²) in [5.74, 6) is -3.64. The van der Waals surface area contributed by atoms with Crippen LogP contribution in [0, 0.1) is 11.8 Å². The molecule has 0 aliphatic carbocycles. The summed E-state index contributed by atoms with van der Waals surface area (Å²) in [7, 11) is 0. The van der Waals surface area contributed by atoms with Crippen molar-refractivity contribution in [3.63, 3.8) is 0 Å². The largest absolute Gasteiger partial charge is 0.391 e. The third kappa shape index (κ3) is 6.76. The number of hydrogen-bond acceptors (Lipinski definition) is 8. The minimum Gasteiger partial charge on any atom is -0.391 e. The van der Waals surface area contributed by atoms with Crippen LogP contribution in [-0.4, -0.2) is 117 Å². The van der Waals surface area contributed by atoms with E-state index < -0.39 is 65.9 Å². The molecule has 0 unspecified atom stereocenters. The average molecular weight is 527 g/mol. The SMILES string of the molecule is CC(C)[C@H](O)[C@@H]1NCCN([C@@H](C(=O)N2CCN([C@@H](CCC(N)=O)C(N)=O)C(=O)[C@@H]2C)[C@@H](O)C(C)C)C1=O. The van der Waals surface area contributed by atoms with E-state index in [9.17, 15) is 34.2 Å². The Morgan fingerprint density at radius 1 is 0.973 bits per heavy atom. The molecule has 210 valence electrons. The molecule has 7 N–H and O–H groups in total. The molecule has 2 fully saturated rings. The zero-order valence-corrected chi connectivity index (χ0v) is 22.3. The third-order valence-corrected chi connectivity index (χ3v) is 7.23. The first kappa shape index (κ1) is 30.5. The molecule has 0 spiro atoms. The van der Waals surface area contributed by atoms with E-state index in [1.165, 1.54) is 21.6 Å². The number of piperazine rings is 2. The number of rotatable bonds is 11. The van der Waals surface area contributed by atoms with E-state index in [2.05, 4.69) is 5.32 Å². The van der Waals surface area contributed by atoms with Gasteiger partial charge in [0.05, 0.1) is 12.2 Å². The van der Waals surface area contributed by atoms with Crippen molar-refractivity contribution in [3.8, 4) is 0 Å². The number of aliphatic hydroxyl groups excluding tert-OH is 2. The summed E-state index contributed by atoms with van der Waals surface area (Å²) in [5, 5.41) is 24.6. The first-order valence-electron chi connectivity index (χ1n) is 12.8. The van der Waals surface area contributed by atoms with Gasteiger partial charge in [-0.3, -0.25) is 24.0 Å². The molecule has 0 saturated carbocycles. The summed E-state index contributed by atoms with van der Waals surface area (Å²) < 4.78 is 0. The monoisotopic (exact) mass is 526 g/mol. The van der Waals surface area contributed by atoms with Gasteiger partial charge in [0.1, 0.15) is 24.2 Å². The molecule has 2 saturated heterocycles. The van der Waals surface area contributed by atoms with E-state index in [4.69, 9.17) is 11.5 Å². The molecule has 13 heteroatoms. The second-order valence-corrected chi connectivity index (χ2v) is 10.5. The molecule has 0 aromatic rings. The maximum Gasteiger partial charge on any atom is 0.248 e. The van der Waals surface area contributed by atoms with Crippen molar-refractivity contribution in [1.82, 2.24) is 20.0 Å². The number of carbonyl (C=O) groups excluding carboxylic acids is 5. The van der Waals surface area contributed by atoms with Crippen LogP contribution < -0.4 is 16.8 Å². The number of amides is 5. The highest BCUT2D eigenvalue weighted by atomic mass is 16.3. The third-order valence-electron chi connectivity index (χ3n) is 7.23. The van der Waals surface area contributed by atoms with Crippen LogP contribution in [0.4, 0.5) is 0 Å². The van der Waals surface area contributed by atoms with Crippen molar-refractivity contribution in [2.45, 2.75) is 83.8 Å². The lowest BCUT2D eigenvalue weighted by atomic mass is 9.92. The number of primary amides is 2. The van der Waals surface area contributed by atoms with E-state index in [0.717, 1.165) is 0 Å². The molecule has 0 aromatic carbocycles. The first-order valence-corrected chi connectivity index (χ1v) is 12.8. The van der Waals surface area contributed by atoms with Crippen LogP contribution in [0.1, 0.15) is 47.5 Å². The lowest BCUT2D eigenvalue weighted by molar-refractivity contribution is -0.165. The summed E-state index contributed by atoms with van der Waals surface area (Å²) in [6, 6.07) is -4.25. The van der Waals surface area contributed by atoms with E-state index in [1.54, 1.807) is 27.7 Å². The van der Waals surface area contributed by atoms with Gasteiger partial charge in [-0.1, -0.05) is 27.7 Å². The molecule has 0 aromatic heterocycles. The summed E-state index contributed by atoms with van der Waals surface area (Å²) in [5.41, 5.74) is 10.7. The highest BCUT2D eigenvalue weighted by Crippen LogP contribution is 2.24. The Balaban J connectivity index is 2.31. The van der Waals surface area contributed by atoms with Crippen LogP contribution in [0.3, 0.4) is 0 Å². The standard InChI is InChI=1S/C24H42N6O7/c1-12(2)19(32)17-23(36)30(9-8-27-17)18(20(33)13(3)4)24(37)28-10-11-29(22(35)14(28)5)15(21(26)34)6-7-16(25)31/h12-15,17-20,27,32-33H,6-11H2,1-5H3,(H2,25,31)(H2,26,34)/t14-,15-,17-,18+,19-,20-/m0/s1. The average Bonchev–Trinajstić information content (AvgIpc) is 2.81. The molecule has 5 amide bonds. The summed E-state index contributed by atoms with van der Waals surface area (Å²) in [4.78, 5) is 67.5. The molecule has 37 heavy (non-hydrogen) atoms. The molecular weight excluding hydrogens is 484 g/mol. The summed E-state index contributed by atoms with van der Waals surface area (Å²) in [6.07, 6.45) is -2.37. The second-order valence-electron chi connectivity index (χ2n) is 10.5. The summed E-state index contributed by atoms with van der Waals surface area (Å²) in [6.45, 7) is 8.97. The zero-order chi connectivity index (χ0) is 28.2. The Morgan fingerprint density at radius 2 is 1.59 bits per heavy atom. The van der Waals surface area contributed by atoms with Crippen molar-refractivity contribution < 1.29 is 34.2 Å². The van der Waals surface area contributed by atoms with E-state index in [-0.39, 0.29) is 44.3 Å². The molecule has 2 aliphatic heterocycles. The minimum atomic E-state index is -1.26. The molecule has 13 nitrogen and oxygen atoms in total. The maximum atomic E-state index is 13.8. The maximum absolute atomic E-state index is 13.8. The molecule has 2 rings (SSSR count). The molecule has 0 bridgehead atoms. The van der Waals surface area contributed by atoms with Gasteiger partial charge in [0, 0.05) is 32.6 Å². The van der Waals surface area contributed by atoms with Gasteiger partial charge in [0.2, 0.25) is 29.5 Å². The van der Waals surface area contributed by atoms with Crippen molar-refractivity contribution in [2.75, 3.05) is 26.2 Å². The van der Waals surface area contributed by atoms with Gasteiger partial charge in [0.15, 0.2) is 0 Å². The minimum absolute atomic E-state index is 0.0179. The van der Waals surface area contributed by atoms with Crippen molar-refractivity contribution in [2.24, 2.45) is 23.3 Å². The smallest absolute Gasteiger partial charge is 0.248 e. The van der Waals surface area contributed by atoms with Gasteiger partial charge in [-0.25, -0.2) is 0 Å².